The van der Waals surface area contributed by atoms with Crippen LogP contribution in [0.5, 0.6) is 0 Å². The van der Waals surface area contributed by atoms with Crippen LogP contribution < -0.4 is 0 Å². The van der Waals surface area contributed by atoms with Gasteiger partial charge >= 0.3 is 0 Å². The van der Waals surface area contributed by atoms with E-state index in [4.69, 9.17) is 0 Å². The molecule has 0 amide bonds. The lowest BCUT2D eigenvalue weighted by Gasteiger charge is -2.05. The molecule has 0 unspecified atom stereocenters. The van der Waals surface area contributed by atoms with E-state index in [-0.39, 0.29) is 0 Å². The Morgan fingerprint density at radius 3 is 2.81 bits per heavy atom. The van der Waals surface area contributed by atoms with Gasteiger partial charge in [-0.1, -0.05) is 6.07 Å². The maximum atomic E-state index is 14.5. The molecular weight excluding hydrogens is 331 g/mol. The summed E-state index contributed by atoms with van der Waals surface area (Å²) in [6.45, 7) is 4.77. The van der Waals surface area contributed by atoms with Crippen LogP contribution in [-0.2, 0) is 19.4 Å². The second kappa shape index (κ2) is 6.67. The molecule has 0 aromatic carbocycles. The first-order valence-electron chi connectivity index (χ1n) is 8.57. The van der Waals surface area contributed by atoms with Crippen LogP contribution in [0.4, 0.5) is 4.39 Å². The summed E-state index contributed by atoms with van der Waals surface area (Å²) in [5.41, 5.74) is 4.89. The summed E-state index contributed by atoms with van der Waals surface area (Å²) < 4.78 is 16.4. The van der Waals surface area contributed by atoms with Crippen molar-refractivity contribution >= 4 is 11.0 Å². The number of pyridine rings is 1. The van der Waals surface area contributed by atoms with E-state index in [9.17, 15) is 4.39 Å². The normalized spacial score (nSPS) is 11.3. The Balaban J connectivity index is 1.57. The molecule has 0 aliphatic carbocycles. The number of H-pyrrole nitrogens is 1. The van der Waals surface area contributed by atoms with Crippen molar-refractivity contribution in [2.24, 2.45) is 0 Å². The van der Waals surface area contributed by atoms with Gasteiger partial charge in [0, 0.05) is 48.4 Å². The second-order valence-electron chi connectivity index (χ2n) is 6.31. The minimum absolute atomic E-state index is 0.436. The molecule has 4 aromatic rings. The number of rotatable bonds is 5. The number of hydrogen-bond donors (Lipinski definition) is 1. The smallest absolute Gasteiger partial charge is 0.216 e. The molecule has 0 radical (unpaired) electrons. The molecule has 0 fully saturated rings. The van der Waals surface area contributed by atoms with Crippen molar-refractivity contribution in [1.82, 2.24) is 29.7 Å². The number of hydrogen-bond acceptors (Lipinski definition) is 4. The maximum absolute atomic E-state index is 14.5. The van der Waals surface area contributed by atoms with Gasteiger partial charge in [-0.15, -0.1) is 0 Å². The van der Waals surface area contributed by atoms with Gasteiger partial charge in [-0.25, -0.2) is 15.0 Å². The molecule has 0 spiro atoms. The third-order valence-electron chi connectivity index (χ3n) is 4.50. The number of fused-ring (bicyclic) bond motifs is 1. The van der Waals surface area contributed by atoms with Crippen molar-refractivity contribution in [3.63, 3.8) is 0 Å². The molecule has 26 heavy (non-hydrogen) atoms. The molecule has 0 aliphatic rings. The van der Waals surface area contributed by atoms with Gasteiger partial charge in [0.2, 0.25) is 5.95 Å². The third kappa shape index (κ3) is 3.08. The molecule has 4 aromatic heterocycles. The fourth-order valence-electron chi connectivity index (χ4n) is 3.15. The zero-order chi connectivity index (χ0) is 18.1. The summed E-state index contributed by atoms with van der Waals surface area (Å²) in [4.78, 5) is 15.7. The van der Waals surface area contributed by atoms with Gasteiger partial charge in [0.25, 0.3) is 0 Å². The van der Waals surface area contributed by atoms with E-state index >= 15 is 0 Å². The van der Waals surface area contributed by atoms with E-state index in [0.29, 0.717) is 24.1 Å². The average Bonchev–Trinajstić information content (AvgIpc) is 3.25. The number of nitrogens with zero attached hydrogens (tertiary/aromatic N) is 5. The molecule has 1 N–H and O–H groups in total. The van der Waals surface area contributed by atoms with Crippen LogP contribution in [0.3, 0.4) is 0 Å². The van der Waals surface area contributed by atoms with Crippen LogP contribution in [0.2, 0.25) is 0 Å². The standard InChI is InChI=1S/C19H19FN6/c1-3-26-10-13(8-24-26)6-16-5-4-14(18(20)25-16)7-15-9-21-19-17(15)12(2)22-11-23-19/h4-5,8-11H,3,6-7H2,1-2H3,(H,21,22,23). The van der Waals surface area contributed by atoms with E-state index in [1.54, 1.807) is 12.3 Å². The minimum Gasteiger partial charge on any atom is -0.346 e. The molecule has 7 heteroatoms. The highest BCUT2D eigenvalue weighted by Gasteiger charge is 2.13. The van der Waals surface area contributed by atoms with Crippen LogP contribution >= 0.6 is 0 Å². The zero-order valence-electron chi connectivity index (χ0n) is 14.7. The predicted molar refractivity (Wildman–Crippen MR) is 96.3 cm³/mol. The topological polar surface area (TPSA) is 72.3 Å². The minimum atomic E-state index is -0.436. The Bertz CT molecular complexity index is 1070. The highest BCUT2D eigenvalue weighted by molar-refractivity contribution is 5.82. The van der Waals surface area contributed by atoms with Crippen molar-refractivity contribution < 1.29 is 4.39 Å². The van der Waals surface area contributed by atoms with E-state index in [1.807, 2.05) is 37.0 Å². The van der Waals surface area contributed by atoms with Crippen LogP contribution in [0.25, 0.3) is 11.0 Å². The molecule has 0 aliphatic heterocycles. The van der Waals surface area contributed by atoms with Crippen molar-refractivity contribution in [1.29, 1.82) is 0 Å². The lowest BCUT2D eigenvalue weighted by Crippen LogP contribution is -2.00. The Labute approximate surface area is 150 Å². The van der Waals surface area contributed by atoms with Crippen LogP contribution in [0.1, 0.15) is 35.0 Å². The van der Waals surface area contributed by atoms with Crippen LogP contribution in [0.15, 0.2) is 37.1 Å². The predicted octanol–water partition coefficient (Wildman–Crippen LogP) is 3.20. The molecule has 6 nitrogen and oxygen atoms in total. The molecular formula is C19H19FN6. The summed E-state index contributed by atoms with van der Waals surface area (Å²) in [5, 5.41) is 5.18. The van der Waals surface area contributed by atoms with Gasteiger partial charge in [-0.3, -0.25) is 4.68 Å². The number of aromatic nitrogens is 6. The van der Waals surface area contributed by atoms with Gasteiger partial charge in [0.1, 0.15) is 12.0 Å². The molecule has 0 saturated carbocycles. The first kappa shape index (κ1) is 16.4. The fraction of sp³-hybridized carbons (Fsp3) is 0.263. The Kier molecular flexibility index (Phi) is 4.20. The molecule has 132 valence electrons. The van der Waals surface area contributed by atoms with Crippen molar-refractivity contribution in [3.05, 3.63) is 71.1 Å². The zero-order valence-corrected chi connectivity index (χ0v) is 14.7. The van der Waals surface area contributed by atoms with Gasteiger partial charge < -0.3 is 4.98 Å². The number of aryl methyl sites for hydroxylation is 2. The van der Waals surface area contributed by atoms with Crippen molar-refractivity contribution in [3.8, 4) is 0 Å². The Morgan fingerprint density at radius 2 is 2.04 bits per heavy atom. The number of nitrogens with one attached hydrogen (secondary N) is 1. The first-order valence-corrected chi connectivity index (χ1v) is 8.57. The van der Waals surface area contributed by atoms with E-state index < -0.39 is 5.95 Å². The molecule has 4 heterocycles. The first-order chi connectivity index (χ1) is 12.6. The summed E-state index contributed by atoms with van der Waals surface area (Å²) in [6, 6.07) is 3.68. The van der Waals surface area contributed by atoms with Crippen molar-refractivity contribution in [2.75, 3.05) is 0 Å². The van der Waals surface area contributed by atoms with Gasteiger partial charge in [0.05, 0.1) is 11.9 Å². The highest BCUT2D eigenvalue weighted by atomic mass is 19.1. The summed E-state index contributed by atoms with van der Waals surface area (Å²) >= 11 is 0. The van der Waals surface area contributed by atoms with E-state index in [2.05, 4.69) is 25.0 Å². The largest absolute Gasteiger partial charge is 0.346 e. The molecule has 0 atom stereocenters. The average molecular weight is 350 g/mol. The van der Waals surface area contributed by atoms with Gasteiger partial charge in [-0.2, -0.15) is 9.49 Å². The second-order valence-corrected chi connectivity index (χ2v) is 6.31. The van der Waals surface area contributed by atoms with E-state index in [0.717, 1.165) is 34.4 Å². The lowest BCUT2D eigenvalue weighted by atomic mass is 10.0. The molecule has 0 saturated heterocycles. The maximum Gasteiger partial charge on any atom is 0.216 e. The highest BCUT2D eigenvalue weighted by Crippen LogP contribution is 2.22. The summed E-state index contributed by atoms with van der Waals surface area (Å²) in [6.07, 6.45) is 8.15. The quantitative estimate of drug-likeness (QED) is 0.561. The number of halogens is 1. The summed E-state index contributed by atoms with van der Waals surface area (Å²) in [7, 11) is 0. The summed E-state index contributed by atoms with van der Waals surface area (Å²) in [5.74, 6) is -0.436. The Morgan fingerprint density at radius 1 is 1.15 bits per heavy atom. The molecule has 4 rings (SSSR count). The van der Waals surface area contributed by atoms with Crippen molar-refractivity contribution in [2.45, 2.75) is 33.2 Å². The van der Waals surface area contributed by atoms with Gasteiger partial charge in [-0.05, 0) is 31.0 Å². The Hall–Kier alpha value is -3.09. The monoisotopic (exact) mass is 350 g/mol. The van der Waals surface area contributed by atoms with Gasteiger partial charge in [0.15, 0.2) is 0 Å². The van der Waals surface area contributed by atoms with Crippen LogP contribution in [0, 0.1) is 12.9 Å². The van der Waals surface area contributed by atoms with Crippen LogP contribution in [-0.4, -0.2) is 29.7 Å². The third-order valence-corrected chi connectivity index (χ3v) is 4.50. The molecule has 0 bridgehead atoms. The SMILES string of the molecule is CCn1cc(Cc2ccc(Cc3c[nH]c4ncnc(C)c34)c(F)n2)cn1. The lowest BCUT2D eigenvalue weighted by molar-refractivity contribution is 0.565. The van der Waals surface area contributed by atoms with E-state index in [1.165, 1.54) is 6.33 Å². The fourth-order valence-corrected chi connectivity index (χ4v) is 3.15. The number of aromatic amines is 1.